The molecule has 0 amide bonds. The van der Waals surface area contributed by atoms with Gasteiger partial charge in [0.25, 0.3) is 0 Å². The molecule has 1 aromatic carbocycles. The van der Waals surface area contributed by atoms with Gasteiger partial charge in [-0.15, -0.1) is 10.2 Å². The highest BCUT2D eigenvalue weighted by Gasteiger charge is 2.14. The molecule has 0 radical (unpaired) electrons. The van der Waals surface area contributed by atoms with Gasteiger partial charge in [-0.2, -0.15) is 0 Å². The smallest absolute Gasteiger partial charge is 0.338 e. The van der Waals surface area contributed by atoms with Gasteiger partial charge in [0.2, 0.25) is 0 Å². The second kappa shape index (κ2) is 7.27. The number of aromatic nitrogens is 4. The number of carbonyl (C=O) groups is 1. The van der Waals surface area contributed by atoms with Crippen LogP contribution in [-0.2, 0) is 17.5 Å². The maximum absolute atomic E-state index is 11.8. The van der Waals surface area contributed by atoms with Crippen molar-refractivity contribution in [3.8, 4) is 11.4 Å². The quantitative estimate of drug-likeness (QED) is 0.525. The summed E-state index contributed by atoms with van der Waals surface area (Å²) in [6, 6.07) is 11.2. The molecule has 24 heavy (non-hydrogen) atoms. The van der Waals surface area contributed by atoms with Gasteiger partial charge in [0.1, 0.15) is 0 Å². The SMILES string of the molecule is COC(=O)c1ccccc1CSc1nnc(-c2ccncc2)n1C. The van der Waals surface area contributed by atoms with Gasteiger partial charge in [0.15, 0.2) is 11.0 Å². The summed E-state index contributed by atoms with van der Waals surface area (Å²) in [5.74, 6) is 1.05. The molecule has 0 aliphatic carbocycles. The number of hydrogen-bond donors (Lipinski definition) is 0. The van der Waals surface area contributed by atoms with E-state index in [0.29, 0.717) is 11.3 Å². The number of thioether (sulfide) groups is 1. The summed E-state index contributed by atoms with van der Waals surface area (Å²) in [7, 11) is 3.31. The van der Waals surface area contributed by atoms with Gasteiger partial charge in [-0.3, -0.25) is 4.98 Å². The number of carbonyl (C=O) groups excluding carboxylic acids is 1. The first-order valence-electron chi connectivity index (χ1n) is 7.29. The van der Waals surface area contributed by atoms with Crippen molar-refractivity contribution < 1.29 is 9.53 Å². The molecule has 0 fully saturated rings. The van der Waals surface area contributed by atoms with E-state index in [0.717, 1.165) is 22.1 Å². The Hall–Kier alpha value is -2.67. The first-order valence-corrected chi connectivity index (χ1v) is 8.28. The number of rotatable bonds is 5. The third-order valence-corrected chi connectivity index (χ3v) is 4.62. The number of pyridine rings is 1. The molecule has 0 bridgehead atoms. The topological polar surface area (TPSA) is 69.9 Å². The van der Waals surface area contributed by atoms with Crippen LogP contribution in [0.4, 0.5) is 0 Å². The summed E-state index contributed by atoms with van der Waals surface area (Å²) in [4.78, 5) is 15.8. The lowest BCUT2D eigenvalue weighted by atomic mass is 10.1. The van der Waals surface area contributed by atoms with Crippen LogP contribution in [0.2, 0.25) is 0 Å². The third-order valence-electron chi connectivity index (χ3n) is 3.55. The van der Waals surface area contributed by atoms with E-state index in [-0.39, 0.29) is 5.97 Å². The molecule has 7 heteroatoms. The van der Waals surface area contributed by atoms with E-state index in [1.54, 1.807) is 18.5 Å². The molecule has 3 rings (SSSR count). The average Bonchev–Trinajstić information content (AvgIpc) is 3.01. The molecule has 6 nitrogen and oxygen atoms in total. The second-order valence-corrected chi connectivity index (χ2v) is 5.98. The molecule has 0 N–H and O–H groups in total. The number of nitrogens with zero attached hydrogens (tertiary/aromatic N) is 4. The van der Waals surface area contributed by atoms with Crippen LogP contribution in [0.3, 0.4) is 0 Å². The van der Waals surface area contributed by atoms with Crippen molar-refractivity contribution in [1.29, 1.82) is 0 Å². The van der Waals surface area contributed by atoms with E-state index in [1.807, 2.05) is 41.9 Å². The molecular formula is C17H16N4O2S. The molecule has 0 saturated carbocycles. The van der Waals surface area contributed by atoms with Gasteiger partial charge < -0.3 is 9.30 Å². The molecule has 0 spiro atoms. The minimum Gasteiger partial charge on any atom is -0.465 e. The number of ether oxygens (including phenoxy) is 1. The van der Waals surface area contributed by atoms with E-state index >= 15 is 0 Å². The number of methoxy groups -OCH3 is 1. The average molecular weight is 340 g/mol. The lowest BCUT2D eigenvalue weighted by Gasteiger charge is -2.07. The Kier molecular flexibility index (Phi) is 4.90. The van der Waals surface area contributed by atoms with E-state index in [4.69, 9.17) is 4.74 Å². The molecule has 0 aliphatic rings. The molecular weight excluding hydrogens is 324 g/mol. The summed E-state index contributed by atoms with van der Waals surface area (Å²) in [6.07, 6.45) is 3.45. The zero-order valence-corrected chi connectivity index (χ0v) is 14.2. The predicted octanol–water partition coefficient (Wildman–Crippen LogP) is 2.96. The zero-order valence-electron chi connectivity index (χ0n) is 13.3. The van der Waals surface area contributed by atoms with E-state index in [1.165, 1.54) is 18.9 Å². The molecule has 0 saturated heterocycles. The minimum absolute atomic E-state index is 0.332. The van der Waals surface area contributed by atoms with Crippen molar-refractivity contribution >= 4 is 17.7 Å². The molecule has 2 heterocycles. The first-order chi connectivity index (χ1) is 11.7. The monoisotopic (exact) mass is 340 g/mol. The molecule has 0 unspecified atom stereocenters. The van der Waals surface area contributed by atoms with E-state index in [9.17, 15) is 4.79 Å². The van der Waals surface area contributed by atoms with Gasteiger partial charge in [-0.25, -0.2) is 4.79 Å². The number of hydrogen-bond acceptors (Lipinski definition) is 6. The van der Waals surface area contributed by atoms with Crippen LogP contribution in [0.5, 0.6) is 0 Å². The summed E-state index contributed by atoms with van der Waals surface area (Å²) in [6.45, 7) is 0. The second-order valence-electron chi connectivity index (χ2n) is 5.04. The highest BCUT2D eigenvalue weighted by molar-refractivity contribution is 7.98. The van der Waals surface area contributed by atoms with Gasteiger partial charge in [0, 0.05) is 30.8 Å². The summed E-state index contributed by atoms with van der Waals surface area (Å²) in [5, 5.41) is 9.27. The number of esters is 1. The normalized spacial score (nSPS) is 10.6. The first kappa shape index (κ1) is 16.2. The van der Waals surface area contributed by atoms with Crippen LogP contribution in [-0.4, -0.2) is 32.8 Å². The van der Waals surface area contributed by atoms with Crippen LogP contribution in [0, 0.1) is 0 Å². The highest BCUT2D eigenvalue weighted by Crippen LogP contribution is 2.26. The molecule has 3 aromatic rings. The van der Waals surface area contributed by atoms with Crippen molar-refractivity contribution in [2.45, 2.75) is 10.9 Å². The molecule has 2 aromatic heterocycles. The fourth-order valence-corrected chi connectivity index (χ4v) is 3.21. The van der Waals surface area contributed by atoms with Gasteiger partial charge in [-0.05, 0) is 23.8 Å². The zero-order chi connectivity index (χ0) is 16.9. The lowest BCUT2D eigenvalue weighted by Crippen LogP contribution is -2.05. The van der Waals surface area contributed by atoms with Crippen molar-refractivity contribution in [2.75, 3.05) is 7.11 Å². The van der Waals surface area contributed by atoms with E-state index in [2.05, 4.69) is 15.2 Å². The van der Waals surface area contributed by atoms with Gasteiger partial charge in [-0.1, -0.05) is 30.0 Å². The van der Waals surface area contributed by atoms with Crippen molar-refractivity contribution in [3.63, 3.8) is 0 Å². The Morgan fingerprint density at radius 1 is 1.17 bits per heavy atom. The van der Waals surface area contributed by atoms with Crippen LogP contribution < -0.4 is 0 Å². The van der Waals surface area contributed by atoms with Crippen LogP contribution >= 0.6 is 11.8 Å². The Labute approximate surface area is 143 Å². The predicted molar refractivity (Wildman–Crippen MR) is 91.6 cm³/mol. The van der Waals surface area contributed by atoms with Crippen molar-refractivity contribution in [3.05, 3.63) is 59.9 Å². The fraction of sp³-hybridized carbons (Fsp3) is 0.176. The Morgan fingerprint density at radius 3 is 2.67 bits per heavy atom. The molecule has 0 atom stereocenters. The highest BCUT2D eigenvalue weighted by atomic mass is 32.2. The largest absolute Gasteiger partial charge is 0.465 e. The summed E-state index contributed by atoms with van der Waals surface area (Å²) < 4.78 is 6.76. The van der Waals surface area contributed by atoms with Gasteiger partial charge >= 0.3 is 5.97 Å². The van der Waals surface area contributed by atoms with Crippen LogP contribution in [0.15, 0.2) is 53.9 Å². The fourth-order valence-electron chi connectivity index (χ4n) is 2.29. The maximum atomic E-state index is 11.8. The Balaban J connectivity index is 1.79. The maximum Gasteiger partial charge on any atom is 0.338 e. The van der Waals surface area contributed by atoms with E-state index < -0.39 is 0 Å². The Morgan fingerprint density at radius 2 is 1.92 bits per heavy atom. The standard InChI is InChI=1S/C17H16N4O2S/c1-21-15(12-7-9-18-10-8-12)19-20-17(21)24-11-13-5-3-4-6-14(13)16(22)23-2/h3-10H,11H2,1-2H3. The van der Waals surface area contributed by atoms with Crippen LogP contribution in [0.1, 0.15) is 15.9 Å². The van der Waals surface area contributed by atoms with Crippen LogP contribution in [0.25, 0.3) is 11.4 Å². The Bertz CT molecular complexity index is 849. The van der Waals surface area contributed by atoms with Gasteiger partial charge in [0.05, 0.1) is 12.7 Å². The minimum atomic E-state index is -0.332. The lowest BCUT2D eigenvalue weighted by molar-refractivity contribution is 0.0600. The molecule has 0 aliphatic heterocycles. The van der Waals surface area contributed by atoms with Crippen molar-refractivity contribution in [2.24, 2.45) is 7.05 Å². The van der Waals surface area contributed by atoms with Crippen molar-refractivity contribution in [1.82, 2.24) is 19.7 Å². The molecule has 122 valence electrons. The summed E-state index contributed by atoms with van der Waals surface area (Å²) in [5.41, 5.74) is 2.44. The number of benzene rings is 1. The summed E-state index contributed by atoms with van der Waals surface area (Å²) >= 11 is 1.52. The third kappa shape index (κ3) is 3.30.